The van der Waals surface area contributed by atoms with E-state index in [1.54, 1.807) is 6.92 Å². The summed E-state index contributed by atoms with van der Waals surface area (Å²) in [5, 5.41) is 0. The summed E-state index contributed by atoms with van der Waals surface area (Å²) in [6.07, 6.45) is 0. The molecule has 0 bridgehead atoms. The van der Waals surface area contributed by atoms with Gasteiger partial charge in [0.1, 0.15) is 6.54 Å². The first-order chi connectivity index (χ1) is 4.81. The fourth-order valence-corrected chi connectivity index (χ4v) is 0.424. The third-order valence-corrected chi connectivity index (χ3v) is 0.768. The van der Waals surface area contributed by atoms with Crippen LogP contribution in [0.5, 0.6) is 0 Å². The quantitative estimate of drug-likeness (QED) is 0.340. The summed E-state index contributed by atoms with van der Waals surface area (Å²) >= 11 is 0. The second-order valence-corrected chi connectivity index (χ2v) is 1.56. The summed E-state index contributed by atoms with van der Waals surface area (Å²) in [6, 6.07) is 0. The SMILES string of the molecule is CCONCC(=O)OCC. The van der Waals surface area contributed by atoms with Crippen molar-refractivity contribution in [2.45, 2.75) is 13.8 Å². The van der Waals surface area contributed by atoms with Gasteiger partial charge in [0.15, 0.2) is 0 Å². The zero-order valence-corrected chi connectivity index (χ0v) is 6.35. The molecular formula is C6H13NO3. The molecular weight excluding hydrogens is 134 g/mol. The Morgan fingerprint density at radius 1 is 1.40 bits per heavy atom. The molecule has 0 saturated heterocycles. The van der Waals surface area contributed by atoms with Gasteiger partial charge in [-0.2, -0.15) is 5.48 Å². The largest absolute Gasteiger partial charge is 0.465 e. The highest BCUT2D eigenvalue weighted by molar-refractivity contribution is 5.71. The van der Waals surface area contributed by atoms with Gasteiger partial charge in [0.2, 0.25) is 0 Å². The molecule has 60 valence electrons. The molecule has 0 spiro atoms. The Hall–Kier alpha value is -0.610. The molecule has 0 saturated carbocycles. The predicted molar refractivity (Wildman–Crippen MR) is 36.3 cm³/mol. The van der Waals surface area contributed by atoms with Gasteiger partial charge >= 0.3 is 5.97 Å². The zero-order valence-electron chi connectivity index (χ0n) is 6.35. The zero-order chi connectivity index (χ0) is 7.82. The maximum Gasteiger partial charge on any atom is 0.322 e. The van der Waals surface area contributed by atoms with Crippen LogP contribution in [0.3, 0.4) is 0 Å². The van der Waals surface area contributed by atoms with E-state index in [0.717, 1.165) is 0 Å². The van der Waals surface area contributed by atoms with Crippen molar-refractivity contribution < 1.29 is 14.4 Å². The smallest absolute Gasteiger partial charge is 0.322 e. The van der Waals surface area contributed by atoms with E-state index in [0.29, 0.717) is 13.2 Å². The number of nitrogens with one attached hydrogen (secondary N) is 1. The number of rotatable bonds is 5. The number of hydroxylamine groups is 1. The van der Waals surface area contributed by atoms with Crippen LogP contribution < -0.4 is 5.48 Å². The third-order valence-electron chi connectivity index (χ3n) is 0.768. The van der Waals surface area contributed by atoms with Crippen LogP contribution in [0.15, 0.2) is 0 Å². The van der Waals surface area contributed by atoms with E-state index in [2.05, 4.69) is 10.2 Å². The first kappa shape index (κ1) is 9.39. The summed E-state index contributed by atoms with van der Waals surface area (Å²) in [5.74, 6) is -0.295. The predicted octanol–water partition coefficient (Wildman–Crippen LogP) is 0.0906. The average molecular weight is 147 g/mol. The molecule has 0 rings (SSSR count). The topological polar surface area (TPSA) is 47.6 Å². The molecule has 0 atom stereocenters. The first-order valence-electron chi connectivity index (χ1n) is 3.31. The molecule has 10 heavy (non-hydrogen) atoms. The highest BCUT2D eigenvalue weighted by atomic mass is 16.6. The van der Waals surface area contributed by atoms with E-state index in [9.17, 15) is 4.79 Å². The van der Waals surface area contributed by atoms with Gasteiger partial charge in [-0.1, -0.05) is 0 Å². The van der Waals surface area contributed by atoms with Gasteiger partial charge in [0.05, 0.1) is 13.2 Å². The summed E-state index contributed by atoms with van der Waals surface area (Å²) in [7, 11) is 0. The van der Waals surface area contributed by atoms with Crippen LogP contribution in [0.2, 0.25) is 0 Å². The Kier molecular flexibility index (Phi) is 6.11. The van der Waals surface area contributed by atoms with E-state index in [4.69, 9.17) is 4.84 Å². The Morgan fingerprint density at radius 3 is 2.60 bits per heavy atom. The van der Waals surface area contributed by atoms with Crippen molar-refractivity contribution in [3.8, 4) is 0 Å². The standard InChI is InChI=1S/C6H13NO3/c1-3-9-6(8)5-7-10-4-2/h7H,3-5H2,1-2H3. The number of esters is 1. The van der Waals surface area contributed by atoms with Crippen LogP contribution in [-0.4, -0.2) is 25.7 Å². The van der Waals surface area contributed by atoms with Crippen LogP contribution in [0.25, 0.3) is 0 Å². The lowest BCUT2D eigenvalue weighted by molar-refractivity contribution is -0.144. The minimum atomic E-state index is -0.295. The normalized spacial score (nSPS) is 9.40. The number of carbonyl (C=O) groups is 1. The lowest BCUT2D eigenvalue weighted by atomic mass is 10.7. The van der Waals surface area contributed by atoms with E-state index < -0.39 is 0 Å². The van der Waals surface area contributed by atoms with Crippen molar-refractivity contribution >= 4 is 5.97 Å². The Labute approximate surface area is 60.5 Å². The lowest BCUT2D eigenvalue weighted by Gasteiger charge is -2.02. The molecule has 0 unspecified atom stereocenters. The van der Waals surface area contributed by atoms with Gasteiger partial charge in [-0.05, 0) is 13.8 Å². The van der Waals surface area contributed by atoms with Crippen LogP contribution in [0, 0.1) is 0 Å². The lowest BCUT2D eigenvalue weighted by Crippen LogP contribution is -2.24. The second kappa shape index (κ2) is 6.51. The molecule has 0 aromatic carbocycles. The Bertz CT molecular complexity index is 95.0. The molecule has 0 radical (unpaired) electrons. The molecule has 4 nitrogen and oxygen atoms in total. The third kappa shape index (κ3) is 5.53. The molecule has 0 aromatic heterocycles. The molecule has 1 N–H and O–H groups in total. The summed E-state index contributed by atoms with van der Waals surface area (Å²) in [4.78, 5) is 15.3. The first-order valence-corrected chi connectivity index (χ1v) is 3.31. The number of ether oxygens (including phenoxy) is 1. The molecule has 0 amide bonds. The minimum Gasteiger partial charge on any atom is -0.465 e. The van der Waals surface area contributed by atoms with Crippen molar-refractivity contribution in [1.29, 1.82) is 0 Å². The van der Waals surface area contributed by atoms with Crippen molar-refractivity contribution in [2.75, 3.05) is 19.8 Å². The van der Waals surface area contributed by atoms with E-state index in [1.165, 1.54) is 0 Å². The van der Waals surface area contributed by atoms with Gasteiger partial charge < -0.3 is 9.57 Å². The number of hydrogen-bond donors (Lipinski definition) is 1. The minimum absolute atomic E-state index is 0.113. The molecule has 4 heteroatoms. The van der Waals surface area contributed by atoms with Crippen LogP contribution in [0.4, 0.5) is 0 Å². The van der Waals surface area contributed by atoms with Crippen molar-refractivity contribution in [1.82, 2.24) is 5.48 Å². The Balaban J connectivity index is 3.05. The molecule has 0 heterocycles. The monoisotopic (exact) mass is 147 g/mol. The second-order valence-electron chi connectivity index (χ2n) is 1.56. The average Bonchev–Trinajstić information content (AvgIpc) is 1.89. The Morgan fingerprint density at radius 2 is 2.10 bits per heavy atom. The van der Waals surface area contributed by atoms with Gasteiger partial charge in [-0.25, -0.2) is 0 Å². The van der Waals surface area contributed by atoms with Crippen molar-refractivity contribution in [2.24, 2.45) is 0 Å². The van der Waals surface area contributed by atoms with E-state index in [-0.39, 0.29) is 12.5 Å². The van der Waals surface area contributed by atoms with Crippen molar-refractivity contribution in [3.05, 3.63) is 0 Å². The van der Waals surface area contributed by atoms with E-state index >= 15 is 0 Å². The van der Waals surface area contributed by atoms with Gasteiger partial charge in [-0.3, -0.25) is 4.79 Å². The van der Waals surface area contributed by atoms with Crippen LogP contribution >= 0.6 is 0 Å². The number of hydrogen-bond acceptors (Lipinski definition) is 4. The van der Waals surface area contributed by atoms with Crippen LogP contribution in [0.1, 0.15) is 13.8 Å². The fraction of sp³-hybridized carbons (Fsp3) is 0.833. The van der Waals surface area contributed by atoms with Gasteiger partial charge in [-0.15, -0.1) is 0 Å². The summed E-state index contributed by atoms with van der Waals surface area (Å²) in [5.41, 5.74) is 2.45. The van der Waals surface area contributed by atoms with Crippen molar-refractivity contribution in [3.63, 3.8) is 0 Å². The summed E-state index contributed by atoms with van der Waals surface area (Å²) < 4.78 is 4.61. The molecule has 0 aliphatic rings. The van der Waals surface area contributed by atoms with Crippen LogP contribution in [-0.2, 0) is 14.4 Å². The fourth-order valence-electron chi connectivity index (χ4n) is 0.424. The maximum absolute atomic E-state index is 10.6. The number of carbonyl (C=O) groups excluding carboxylic acids is 1. The highest BCUT2D eigenvalue weighted by Gasteiger charge is 1.97. The van der Waals surface area contributed by atoms with Gasteiger partial charge in [0, 0.05) is 0 Å². The molecule has 0 aliphatic heterocycles. The molecule has 0 aromatic rings. The molecule has 0 fully saturated rings. The maximum atomic E-state index is 10.6. The van der Waals surface area contributed by atoms with E-state index in [1.807, 2.05) is 6.92 Å². The van der Waals surface area contributed by atoms with Gasteiger partial charge in [0.25, 0.3) is 0 Å². The summed E-state index contributed by atoms with van der Waals surface area (Å²) in [6.45, 7) is 4.66. The highest BCUT2D eigenvalue weighted by Crippen LogP contribution is 1.74. The molecule has 0 aliphatic carbocycles.